The lowest BCUT2D eigenvalue weighted by Crippen LogP contribution is -2.34. The molecule has 0 bridgehead atoms. The zero-order valence-electron chi connectivity index (χ0n) is 15.0. The third-order valence-corrected chi connectivity index (χ3v) is 3.96. The SMILES string of the molecule is CC(=O)N(Cc1ccc(NC(=O)Cc2ccc(N)cc2)cc1)C(C)C. The van der Waals surface area contributed by atoms with Gasteiger partial charge in [0, 0.05) is 30.9 Å². The largest absolute Gasteiger partial charge is 0.399 e. The van der Waals surface area contributed by atoms with E-state index >= 15 is 0 Å². The van der Waals surface area contributed by atoms with Crippen LogP contribution in [0.25, 0.3) is 0 Å². The molecule has 0 fully saturated rings. The zero-order chi connectivity index (χ0) is 18.4. The summed E-state index contributed by atoms with van der Waals surface area (Å²) in [5.74, 6) is -0.0269. The van der Waals surface area contributed by atoms with E-state index in [0.29, 0.717) is 18.7 Å². The van der Waals surface area contributed by atoms with Gasteiger partial charge in [0.2, 0.25) is 11.8 Å². The molecule has 0 aromatic heterocycles. The minimum absolute atomic E-state index is 0.0517. The first-order valence-corrected chi connectivity index (χ1v) is 8.35. The number of nitrogens with one attached hydrogen (secondary N) is 1. The molecular formula is C20H25N3O2. The molecule has 2 aromatic rings. The summed E-state index contributed by atoms with van der Waals surface area (Å²) in [6.45, 7) is 6.12. The average molecular weight is 339 g/mol. The summed E-state index contributed by atoms with van der Waals surface area (Å²) in [6.07, 6.45) is 0.299. The molecule has 132 valence electrons. The maximum atomic E-state index is 12.1. The quantitative estimate of drug-likeness (QED) is 0.794. The number of hydrogen-bond acceptors (Lipinski definition) is 3. The van der Waals surface area contributed by atoms with E-state index in [-0.39, 0.29) is 17.9 Å². The van der Waals surface area contributed by atoms with E-state index in [2.05, 4.69) is 5.32 Å². The fraction of sp³-hybridized carbons (Fsp3) is 0.300. The second-order valence-electron chi connectivity index (χ2n) is 6.40. The molecule has 2 amide bonds. The Labute approximate surface area is 148 Å². The van der Waals surface area contributed by atoms with Gasteiger partial charge in [-0.3, -0.25) is 9.59 Å². The van der Waals surface area contributed by atoms with Crippen molar-refractivity contribution in [1.82, 2.24) is 4.90 Å². The number of nitrogen functional groups attached to an aromatic ring is 1. The van der Waals surface area contributed by atoms with Gasteiger partial charge in [-0.15, -0.1) is 0 Å². The molecule has 0 aliphatic rings. The molecule has 2 aromatic carbocycles. The second-order valence-corrected chi connectivity index (χ2v) is 6.40. The van der Waals surface area contributed by atoms with Crippen LogP contribution in [0.1, 0.15) is 31.9 Å². The molecule has 2 rings (SSSR count). The molecule has 5 heteroatoms. The van der Waals surface area contributed by atoms with Gasteiger partial charge in [0.15, 0.2) is 0 Å². The minimum atomic E-state index is -0.0786. The Bertz CT molecular complexity index is 722. The van der Waals surface area contributed by atoms with E-state index in [4.69, 9.17) is 5.73 Å². The van der Waals surface area contributed by atoms with Gasteiger partial charge in [-0.05, 0) is 49.2 Å². The molecule has 0 unspecified atom stereocenters. The van der Waals surface area contributed by atoms with Crippen LogP contribution < -0.4 is 11.1 Å². The topological polar surface area (TPSA) is 75.4 Å². The summed E-state index contributed by atoms with van der Waals surface area (Å²) in [6, 6.07) is 15.0. The molecule has 0 atom stereocenters. The number of amides is 2. The maximum Gasteiger partial charge on any atom is 0.228 e. The summed E-state index contributed by atoms with van der Waals surface area (Å²) in [5, 5.41) is 2.88. The van der Waals surface area contributed by atoms with E-state index in [9.17, 15) is 9.59 Å². The van der Waals surface area contributed by atoms with Crippen molar-refractivity contribution in [2.45, 2.75) is 39.8 Å². The molecule has 0 radical (unpaired) electrons. The summed E-state index contributed by atoms with van der Waals surface area (Å²) in [5.41, 5.74) is 9.00. The number of nitrogens with zero attached hydrogens (tertiary/aromatic N) is 1. The molecular weight excluding hydrogens is 314 g/mol. The summed E-state index contributed by atoms with van der Waals surface area (Å²) in [7, 11) is 0. The van der Waals surface area contributed by atoms with Crippen molar-refractivity contribution in [3.63, 3.8) is 0 Å². The number of hydrogen-bond donors (Lipinski definition) is 2. The van der Waals surface area contributed by atoms with E-state index in [1.54, 1.807) is 24.0 Å². The first-order valence-electron chi connectivity index (χ1n) is 8.35. The number of nitrogens with two attached hydrogens (primary N) is 1. The Balaban J connectivity index is 1.94. The van der Waals surface area contributed by atoms with Crippen LogP contribution in [0, 0.1) is 0 Å². The third kappa shape index (κ3) is 5.64. The van der Waals surface area contributed by atoms with Gasteiger partial charge in [-0.2, -0.15) is 0 Å². The van der Waals surface area contributed by atoms with Crippen molar-refractivity contribution >= 4 is 23.2 Å². The lowest BCUT2D eigenvalue weighted by atomic mass is 10.1. The van der Waals surface area contributed by atoms with Gasteiger partial charge in [-0.25, -0.2) is 0 Å². The molecule has 0 aliphatic heterocycles. The normalized spacial score (nSPS) is 10.6. The van der Waals surface area contributed by atoms with Crippen LogP contribution in [0.3, 0.4) is 0 Å². The highest BCUT2D eigenvalue weighted by Crippen LogP contribution is 2.14. The number of anilines is 2. The summed E-state index contributed by atoms with van der Waals surface area (Å²) in [4.78, 5) is 25.6. The minimum Gasteiger partial charge on any atom is -0.399 e. The Morgan fingerprint density at radius 1 is 1.00 bits per heavy atom. The molecule has 0 heterocycles. The number of benzene rings is 2. The van der Waals surface area contributed by atoms with Gasteiger partial charge in [0.05, 0.1) is 6.42 Å². The Kier molecular flexibility index (Phi) is 6.17. The Morgan fingerprint density at radius 3 is 2.08 bits per heavy atom. The van der Waals surface area contributed by atoms with Crippen LogP contribution in [0.5, 0.6) is 0 Å². The van der Waals surface area contributed by atoms with E-state index in [0.717, 1.165) is 16.8 Å². The molecule has 0 aliphatic carbocycles. The van der Waals surface area contributed by atoms with Crippen LogP contribution in [-0.2, 0) is 22.6 Å². The predicted molar refractivity (Wildman–Crippen MR) is 101 cm³/mol. The van der Waals surface area contributed by atoms with Crippen LogP contribution in [0.15, 0.2) is 48.5 Å². The van der Waals surface area contributed by atoms with Crippen molar-refractivity contribution in [1.29, 1.82) is 0 Å². The van der Waals surface area contributed by atoms with Crippen molar-refractivity contribution in [3.8, 4) is 0 Å². The molecule has 5 nitrogen and oxygen atoms in total. The second kappa shape index (κ2) is 8.33. The van der Waals surface area contributed by atoms with Crippen molar-refractivity contribution in [2.75, 3.05) is 11.1 Å². The van der Waals surface area contributed by atoms with Crippen LogP contribution in [-0.4, -0.2) is 22.8 Å². The van der Waals surface area contributed by atoms with Crippen molar-refractivity contribution in [2.24, 2.45) is 0 Å². The van der Waals surface area contributed by atoms with Gasteiger partial charge in [0.25, 0.3) is 0 Å². The van der Waals surface area contributed by atoms with Crippen molar-refractivity contribution < 1.29 is 9.59 Å². The lowest BCUT2D eigenvalue weighted by molar-refractivity contribution is -0.131. The van der Waals surface area contributed by atoms with Crippen LogP contribution >= 0.6 is 0 Å². The van der Waals surface area contributed by atoms with E-state index < -0.39 is 0 Å². The van der Waals surface area contributed by atoms with Gasteiger partial charge < -0.3 is 16.0 Å². The maximum absolute atomic E-state index is 12.1. The predicted octanol–water partition coefficient (Wildman–Crippen LogP) is 3.21. The van der Waals surface area contributed by atoms with Gasteiger partial charge >= 0.3 is 0 Å². The lowest BCUT2D eigenvalue weighted by Gasteiger charge is -2.25. The molecule has 3 N–H and O–H groups in total. The highest BCUT2D eigenvalue weighted by atomic mass is 16.2. The van der Waals surface area contributed by atoms with Gasteiger partial charge in [-0.1, -0.05) is 24.3 Å². The van der Waals surface area contributed by atoms with Crippen molar-refractivity contribution in [3.05, 3.63) is 59.7 Å². The Hall–Kier alpha value is -2.82. The first-order chi connectivity index (χ1) is 11.8. The van der Waals surface area contributed by atoms with Crippen LogP contribution in [0.2, 0.25) is 0 Å². The fourth-order valence-electron chi connectivity index (χ4n) is 2.57. The molecule has 0 spiro atoms. The fourth-order valence-corrected chi connectivity index (χ4v) is 2.57. The molecule has 0 saturated heterocycles. The number of rotatable bonds is 6. The summed E-state index contributed by atoms with van der Waals surface area (Å²) < 4.78 is 0. The molecule has 0 saturated carbocycles. The van der Waals surface area contributed by atoms with Crippen LogP contribution in [0.4, 0.5) is 11.4 Å². The average Bonchev–Trinajstić information content (AvgIpc) is 2.55. The third-order valence-electron chi connectivity index (χ3n) is 3.96. The summed E-state index contributed by atoms with van der Waals surface area (Å²) >= 11 is 0. The zero-order valence-corrected chi connectivity index (χ0v) is 15.0. The highest BCUT2D eigenvalue weighted by Gasteiger charge is 2.13. The first kappa shape index (κ1) is 18.5. The smallest absolute Gasteiger partial charge is 0.228 e. The number of carbonyl (C=O) groups is 2. The van der Waals surface area contributed by atoms with Gasteiger partial charge in [0.1, 0.15) is 0 Å². The standard InChI is InChI=1S/C20H25N3O2/c1-14(2)23(15(3)24)13-17-6-10-19(11-7-17)22-20(25)12-16-4-8-18(21)9-5-16/h4-11,14H,12-13,21H2,1-3H3,(H,22,25). The van der Waals surface area contributed by atoms with E-state index in [1.165, 1.54) is 0 Å². The Morgan fingerprint density at radius 2 is 1.56 bits per heavy atom. The molecule has 25 heavy (non-hydrogen) atoms. The highest BCUT2D eigenvalue weighted by molar-refractivity contribution is 5.92. The monoisotopic (exact) mass is 339 g/mol. The van der Waals surface area contributed by atoms with E-state index in [1.807, 2.05) is 50.2 Å². The number of carbonyl (C=O) groups excluding carboxylic acids is 2.